The van der Waals surface area contributed by atoms with Gasteiger partial charge in [-0.25, -0.2) is 9.59 Å². The van der Waals surface area contributed by atoms with Gasteiger partial charge in [-0.3, -0.25) is 10.1 Å². The van der Waals surface area contributed by atoms with Crippen LogP contribution in [0.4, 0.5) is 11.4 Å². The van der Waals surface area contributed by atoms with Gasteiger partial charge in [-0.1, -0.05) is 24.3 Å². The molecule has 0 bridgehead atoms. The summed E-state index contributed by atoms with van der Waals surface area (Å²) in [6.45, 7) is 0. The lowest BCUT2D eigenvalue weighted by molar-refractivity contribution is -0.385. The summed E-state index contributed by atoms with van der Waals surface area (Å²) in [6.07, 6.45) is 2.93. The Kier molecular flexibility index (Phi) is 4.60. The molecule has 0 saturated heterocycles. The molecule has 2 rings (SSSR count). The molecule has 8 heteroatoms. The van der Waals surface area contributed by atoms with Crippen molar-refractivity contribution in [2.24, 2.45) is 0 Å². The van der Waals surface area contributed by atoms with Gasteiger partial charge in [-0.2, -0.15) is 0 Å². The Bertz CT molecular complexity index is 856. The predicted molar refractivity (Wildman–Crippen MR) is 86.8 cm³/mol. The summed E-state index contributed by atoms with van der Waals surface area (Å²) in [4.78, 5) is 32.8. The van der Waals surface area contributed by atoms with E-state index in [9.17, 15) is 29.9 Å². The highest BCUT2D eigenvalue weighted by molar-refractivity contribution is 6.07. The van der Waals surface area contributed by atoms with Gasteiger partial charge in [0.15, 0.2) is 5.56 Å². The molecule has 0 aliphatic rings. The highest BCUT2D eigenvalue weighted by atomic mass is 16.6. The van der Waals surface area contributed by atoms with Gasteiger partial charge in [0.25, 0.3) is 5.69 Å². The van der Waals surface area contributed by atoms with Crippen molar-refractivity contribution in [2.45, 2.75) is 0 Å². The van der Waals surface area contributed by atoms with Gasteiger partial charge in [0.2, 0.25) is 0 Å². The van der Waals surface area contributed by atoms with Crippen molar-refractivity contribution >= 4 is 35.5 Å². The molecule has 0 atom stereocenters. The molecule has 0 amide bonds. The number of nitrogen functional groups attached to an aromatic ring is 1. The first-order valence-electron chi connectivity index (χ1n) is 6.63. The van der Waals surface area contributed by atoms with E-state index in [1.165, 1.54) is 12.1 Å². The number of carbonyl (C=O) groups is 2. The zero-order chi connectivity index (χ0) is 17.9. The van der Waals surface area contributed by atoms with Crippen molar-refractivity contribution in [2.75, 3.05) is 5.73 Å². The largest absolute Gasteiger partial charge is 0.478 e. The summed E-state index contributed by atoms with van der Waals surface area (Å²) in [7, 11) is 0. The van der Waals surface area contributed by atoms with Gasteiger partial charge in [0, 0.05) is 11.8 Å². The first-order valence-corrected chi connectivity index (χ1v) is 6.63. The van der Waals surface area contributed by atoms with Crippen LogP contribution in [0.3, 0.4) is 0 Å². The van der Waals surface area contributed by atoms with E-state index in [4.69, 9.17) is 5.73 Å². The molecule has 4 N–H and O–H groups in total. The Balaban J connectivity index is 2.60. The van der Waals surface area contributed by atoms with Crippen LogP contribution in [0.2, 0.25) is 0 Å². The molecule has 0 heterocycles. The molecule has 0 fully saturated rings. The fraction of sp³-hybridized carbons (Fsp3) is 0. The van der Waals surface area contributed by atoms with Gasteiger partial charge < -0.3 is 15.9 Å². The summed E-state index contributed by atoms with van der Waals surface area (Å²) in [5.74, 6) is -3.24. The third kappa shape index (κ3) is 3.38. The van der Waals surface area contributed by atoms with Crippen LogP contribution < -0.4 is 5.73 Å². The van der Waals surface area contributed by atoms with Crippen molar-refractivity contribution in [1.29, 1.82) is 0 Å². The molecule has 8 nitrogen and oxygen atoms in total. The summed E-state index contributed by atoms with van der Waals surface area (Å²) in [5, 5.41) is 29.4. The number of rotatable bonds is 5. The minimum absolute atomic E-state index is 0.0438. The quantitative estimate of drug-likeness (QED) is 0.331. The molecule has 0 aliphatic carbocycles. The van der Waals surface area contributed by atoms with Crippen molar-refractivity contribution in [3.05, 3.63) is 68.8 Å². The number of hydrogen-bond donors (Lipinski definition) is 3. The lowest BCUT2D eigenvalue weighted by atomic mass is 9.98. The van der Waals surface area contributed by atoms with Crippen LogP contribution in [0.15, 0.2) is 36.4 Å². The van der Waals surface area contributed by atoms with Gasteiger partial charge in [0.05, 0.1) is 10.5 Å². The molecule has 2 aromatic carbocycles. The van der Waals surface area contributed by atoms with E-state index in [-0.39, 0.29) is 5.56 Å². The van der Waals surface area contributed by atoms with Crippen LogP contribution in [-0.2, 0) is 0 Å². The lowest BCUT2D eigenvalue weighted by Gasteiger charge is -2.06. The third-order valence-electron chi connectivity index (χ3n) is 3.23. The second-order valence-corrected chi connectivity index (χ2v) is 4.79. The molecular weight excluding hydrogens is 316 g/mol. The Labute approximate surface area is 135 Å². The van der Waals surface area contributed by atoms with E-state index in [1.807, 2.05) is 0 Å². The van der Waals surface area contributed by atoms with Crippen LogP contribution in [0.25, 0.3) is 12.2 Å². The average molecular weight is 328 g/mol. The van der Waals surface area contributed by atoms with E-state index in [2.05, 4.69) is 0 Å². The lowest BCUT2D eigenvalue weighted by Crippen LogP contribution is -2.13. The second-order valence-electron chi connectivity index (χ2n) is 4.79. The Morgan fingerprint density at radius 3 is 2.04 bits per heavy atom. The van der Waals surface area contributed by atoms with E-state index in [0.29, 0.717) is 11.3 Å². The molecule has 0 spiro atoms. The molecule has 122 valence electrons. The fourth-order valence-corrected chi connectivity index (χ4v) is 2.14. The second kappa shape index (κ2) is 6.61. The smallest absolute Gasteiger partial charge is 0.343 e. The van der Waals surface area contributed by atoms with Crippen LogP contribution in [0, 0.1) is 10.1 Å². The maximum Gasteiger partial charge on any atom is 0.343 e. The number of nitro benzene ring substituents is 1. The van der Waals surface area contributed by atoms with E-state index < -0.39 is 33.7 Å². The number of anilines is 1. The SMILES string of the molecule is Nc1ccc(C=Cc2ccc([N+](=O)[O-])c(C(=O)O)c2C(=O)O)cc1. The topological polar surface area (TPSA) is 144 Å². The molecule has 0 aliphatic heterocycles. The molecule has 2 aromatic rings. The van der Waals surface area contributed by atoms with Crippen LogP contribution in [-0.4, -0.2) is 27.1 Å². The van der Waals surface area contributed by atoms with Crippen LogP contribution >= 0.6 is 0 Å². The van der Waals surface area contributed by atoms with Crippen LogP contribution in [0.5, 0.6) is 0 Å². The van der Waals surface area contributed by atoms with Gasteiger partial charge in [-0.15, -0.1) is 0 Å². The minimum Gasteiger partial charge on any atom is -0.478 e. The maximum atomic E-state index is 11.4. The number of nitrogens with zero attached hydrogens (tertiary/aromatic N) is 1. The number of benzene rings is 2. The number of nitrogens with two attached hydrogens (primary N) is 1. The first-order chi connectivity index (χ1) is 11.3. The zero-order valence-corrected chi connectivity index (χ0v) is 12.2. The van der Waals surface area contributed by atoms with Gasteiger partial charge >= 0.3 is 11.9 Å². The van der Waals surface area contributed by atoms with Crippen molar-refractivity contribution in [3.8, 4) is 0 Å². The van der Waals surface area contributed by atoms with Crippen molar-refractivity contribution in [3.63, 3.8) is 0 Å². The van der Waals surface area contributed by atoms with E-state index in [1.54, 1.807) is 30.3 Å². The van der Waals surface area contributed by atoms with E-state index >= 15 is 0 Å². The Morgan fingerprint density at radius 2 is 1.54 bits per heavy atom. The van der Waals surface area contributed by atoms with E-state index in [0.717, 1.165) is 6.07 Å². The number of aromatic carboxylic acids is 2. The Hall–Kier alpha value is -3.68. The third-order valence-corrected chi connectivity index (χ3v) is 3.23. The molecule has 0 radical (unpaired) electrons. The van der Waals surface area contributed by atoms with Gasteiger partial charge in [0.1, 0.15) is 0 Å². The molecular formula is C16H12N2O6. The monoisotopic (exact) mass is 328 g/mol. The predicted octanol–water partition coefficient (Wildman–Crippen LogP) is 2.74. The number of nitro groups is 1. The van der Waals surface area contributed by atoms with Crippen molar-refractivity contribution in [1.82, 2.24) is 0 Å². The normalized spacial score (nSPS) is 10.7. The summed E-state index contributed by atoms with van der Waals surface area (Å²) >= 11 is 0. The summed E-state index contributed by atoms with van der Waals surface area (Å²) in [5.41, 5.74) is 4.61. The fourth-order valence-electron chi connectivity index (χ4n) is 2.14. The number of hydrogen-bond acceptors (Lipinski definition) is 5. The Morgan fingerprint density at radius 1 is 0.958 bits per heavy atom. The number of carboxylic acids is 2. The molecule has 0 saturated carbocycles. The molecule has 0 unspecified atom stereocenters. The first kappa shape index (κ1) is 16.7. The standard InChI is InChI=1S/C16H12N2O6/c17-11-6-2-9(3-7-11)1-4-10-5-8-12(18(23)24)14(16(21)22)13(10)15(19)20/h1-8H,17H2,(H,19,20)(H,21,22). The van der Waals surface area contributed by atoms with Crippen LogP contribution in [0.1, 0.15) is 31.8 Å². The minimum atomic E-state index is -1.68. The average Bonchev–Trinajstić information content (AvgIpc) is 2.52. The molecule has 24 heavy (non-hydrogen) atoms. The maximum absolute atomic E-state index is 11.4. The van der Waals surface area contributed by atoms with Gasteiger partial charge in [-0.05, 0) is 29.3 Å². The summed E-state index contributed by atoms with van der Waals surface area (Å²) in [6, 6.07) is 8.85. The highest BCUT2D eigenvalue weighted by Crippen LogP contribution is 2.27. The van der Waals surface area contributed by atoms with Crippen molar-refractivity contribution < 1.29 is 24.7 Å². The summed E-state index contributed by atoms with van der Waals surface area (Å²) < 4.78 is 0. The highest BCUT2D eigenvalue weighted by Gasteiger charge is 2.29. The number of carboxylic acid groups (broad SMARTS) is 2. The zero-order valence-electron chi connectivity index (χ0n) is 12.2. The molecule has 0 aromatic heterocycles.